The summed E-state index contributed by atoms with van der Waals surface area (Å²) in [6.45, 7) is 2.31. The quantitative estimate of drug-likeness (QED) is 0.866. The average molecular weight is 257 g/mol. The molecule has 2 aliphatic carbocycles. The molecule has 0 radical (unpaired) electrons. The minimum absolute atomic E-state index is 0.164. The first-order chi connectivity index (χ1) is 9.22. The molecule has 2 nitrogen and oxygen atoms in total. The SMILES string of the molecule is CC1CCC(NC(=O)C2Cc3ccccc3C2)CC1. The van der Waals surface area contributed by atoms with Crippen molar-refractivity contribution < 1.29 is 4.79 Å². The summed E-state index contributed by atoms with van der Waals surface area (Å²) >= 11 is 0. The number of carbonyl (C=O) groups is 1. The molecule has 1 aromatic carbocycles. The minimum Gasteiger partial charge on any atom is -0.353 e. The Morgan fingerprint density at radius 3 is 2.21 bits per heavy atom. The Kier molecular flexibility index (Phi) is 3.58. The van der Waals surface area contributed by atoms with Gasteiger partial charge in [-0.15, -0.1) is 0 Å². The largest absolute Gasteiger partial charge is 0.353 e. The maximum absolute atomic E-state index is 12.4. The number of benzene rings is 1. The molecule has 2 aliphatic rings. The molecule has 19 heavy (non-hydrogen) atoms. The van der Waals surface area contributed by atoms with Crippen molar-refractivity contribution in [2.45, 2.75) is 51.5 Å². The molecule has 0 aromatic heterocycles. The Morgan fingerprint density at radius 2 is 1.63 bits per heavy atom. The highest BCUT2D eigenvalue weighted by molar-refractivity contribution is 5.80. The van der Waals surface area contributed by atoms with Gasteiger partial charge in [-0.1, -0.05) is 31.2 Å². The molecule has 1 saturated carbocycles. The summed E-state index contributed by atoms with van der Waals surface area (Å²) in [6, 6.07) is 8.88. The smallest absolute Gasteiger partial charge is 0.223 e. The third-order valence-corrected chi connectivity index (χ3v) is 4.78. The summed E-state index contributed by atoms with van der Waals surface area (Å²) in [6.07, 6.45) is 6.68. The van der Waals surface area contributed by atoms with Crippen molar-refractivity contribution in [3.63, 3.8) is 0 Å². The van der Waals surface area contributed by atoms with Crippen LogP contribution in [0.3, 0.4) is 0 Å². The van der Waals surface area contributed by atoms with Crippen LogP contribution in [0.5, 0.6) is 0 Å². The van der Waals surface area contributed by atoms with Crippen molar-refractivity contribution >= 4 is 5.91 Å². The highest BCUT2D eigenvalue weighted by atomic mass is 16.1. The van der Waals surface area contributed by atoms with Crippen molar-refractivity contribution in [1.82, 2.24) is 5.32 Å². The first-order valence-electron chi connectivity index (χ1n) is 7.59. The Balaban J connectivity index is 1.55. The Hall–Kier alpha value is -1.31. The predicted octanol–water partition coefficient (Wildman–Crippen LogP) is 3.10. The minimum atomic E-state index is 0.164. The van der Waals surface area contributed by atoms with Gasteiger partial charge >= 0.3 is 0 Å². The zero-order valence-corrected chi connectivity index (χ0v) is 11.7. The zero-order chi connectivity index (χ0) is 13.2. The van der Waals surface area contributed by atoms with Gasteiger partial charge in [-0.2, -0.15) is 0 Å². The fourth-order valence-electron chi connectivity index (χ4n) is 3.47. The highest BCUT2D eigenvalue weighted by Crippen LogP contribution is 2.28. The van der Waals surface area contributed by atoms with E-state index in [1.807, 2.05) is 0 Å². The topological polar surface area (TPSA) is 29.1 Å². The summed E-state index contributed by atoms with van der Waals surface area (Å²) in [5, 5.41) is 3.28. The maximum atomic E-state index is 12.4. The second kappa shape index (κ2) is 5.36. The fraction of sp³-hybridized carbons (Fsp3) is 0.588. The molecular weight excluding hydrogens is 234 g/mol. The molecular formula is C17H23NO. The van der Waals surface area contributed by atoms with E-state index in [0.29, 0.717) is 6.04 Å². The van der Waals surface area contributed by atoms with E-state index in [-0.39, 0.29) is 11.8 Å². The van der Waals surface area contributed by atoms with Gasteiger partial charge in [0.25, 0.3) is 0 Å². The molecule has 102 valence electrons. The van der Waals surface area contributed by atoms with Crippen LogP contribution in [0.2, 0.25) is 0 Å². The Morgan fingerprint density at radius 1 is 1.05 bits per heavy atom. The number of carbonyl (C=O) groups excluding carboxylic acids is 1. The van der Waals surface area contributed by atoms with Crippen molar-refractivity contribution in [2.24, 2.45) is 11.8 Å². The maximum Gasteiger partial charge on any atom is 0.223 e. The normalized spacial score (nSPS) is 27.0. The first-order valence-corrected chi connectivity index (χ1v) is 7.59. The van der Waals surface area contributed by atoms with Crippen LogP contribution < -0.4 is 5.32 Å². The number of nitrogens with one attached hydrogen (secondary N) is 1. The van der Waals surface area contributed by atoms with Crippen LogP contribution in [-0.4, -0.2) is 11.9 Å². The lowest BCUT2D eigenvalue weighted by Gasteiger charge is -2.27. The lowest BCUT2D eigenvalue weighted by atomic mass is 9.87. The van der Waals surface area contributed by atoms with Crippen LogP contribution in [0.15, 0.2) is 24.3 Å². The molecule has 2 heteroatoms. The van der Waals surface area contributed by atoms with Gasteiger partial charge in [0.1, 0.15) is 0 Å². The van der Waals surface area contributed by atoms with Gasteiger partial charge < -0.3 is 5.32 Å². The van der Waals surface area contributed by atoms with Gasteiger partial charge in [0.2, 0.25) is 5.91 Å². The highest BCUT2D eigenvalue weighted by Gasteiger charge is 2.29. The molecule has 1 fully saturated rings. The standard InChI is InChI=1S/C17H23NO/c1-12-6-8-16(9-7-12)18-17(19)15-10-13-4-2-3-5-14(13)11-15/h2-5,12,15-16H,6-11H2,1H3,(H,18,19). The van der Waals surface area contributed by atoms with Crippen LogP contribution in [-0.2, 0) is 17.6 Å². The number of hydrogen-bond donors (Lipinski definition) is 1. The lowest BCUT2D eigenvalue weighted by Crippen LogP contribution is -2.41. The van der Waals surface area contributed by atoms with E-state index in [2.05, 4.69) is 36.5 Å². The van der Waals surface area contributed by atoms with E-state index in [1.165, 1.54) is 24.0 Å². The second-order valence-electron chi connectivity index (χ2n) is 6.34. The van der Waals surface area contributed by atoms with Gasteiger partial charge in [0, 0.05) is 12.0 Å². The molecule has 0 unspecified atom stereocenters. The molecule has 0 atom stereocenters. The third-order valence-electron chi connectivity index (χ3n) is 4.78. The van der Waals surface area contributed by atoms with Gasteiger partial charge in [0.05, 0.1) is 0 Å². The summed E-state index contributed by atoms with van der Waals surface area (Å²) in [4.78, 5) is 12.4. The number of rotatable bonds is 2. The third kappa shape index (κ3) is 2.83. The molecule has 0 bridgehead atoms. The second-order valence-corrected chi connectivity index (χ2v) is 6.34. The number of fused-ring (bicyclic) bond motifs is 1. The van der Waals surface area contributed by atoms with Gasteiger partial charge in [-0.3, -0.25) is 4.79 Å². The molecule has 1 amide bonds. The average Bonchev–Trinajstić information content (AvgIpc) is 2.85. The molecule has 1 aromatic rings. The van der Waals surface area contributed by atoms with Crippen molar-refractivity contribution in [3.8, 4) is 0 Å². The first kappa shape index (κ1) is 12.7. The summed E-state index contributed by atoms with van der Waals surface area (Å²) < 4.78 is 0. The summed E-state index contributed by atoms with van der Waals surface area (Å²) in [5.74, 6) is 1.27. The van der Waals surface area contributed by atoms with Crippen LogP contribution in [0.4, 0.5) is 0 Å². The van der Waals surface area contributed by atoms with E-state index in [9.17, 15) is 4.79 Å². The Labute approximate surface area is 115 Å². The molecule has 0 aliphatic heterocycles. The van der Waals surface area contributed by atoms with E-state index < -0.39 is 0 Å². The van der Waals surface area contributed by atoms with E-state index >= 15 is 0 Å². The van der Waals surface area contributed by atoms with Gasteiger partial charge in [-0.05, 0) is 55.6 Å². The van der Waals surface area contributed by atoms with Crippen LogP contribution in [0, 0.1) is 11.8 Å². The summed E-state index contributed by atoms with van der Waals surface area (Å²) in [5.41, 5.74) is 2.72. The molecule has 0 saturated heterocycles. The van der Waals surface area contributed by atoms with E-state index in [1.54, 1.807) is 0 Å². The van der Waals surface area contributed by atoms with E-state index in [0.717, 1.165) is 31.6 Å². The van der Waals surface area contributed by atoms with Crippen LogP contribution >= 0.6 is 0 Å². The predicted molar refractivity (Wildman–Crippen MR) is 76.9 cm³/mol. The molecule has 0 heterocycles. The van der Waals surface area contributed by atoms with Crippen molar-refractivity contribution in [1.29, 1.82) is 0 Å². The van der Waals surface area contributed by atoms with E-state index in [4.69, 9.17) is 0 Å². The van der Waals surface area contributed by atoms with Crippen molar-refractivity contribution in [3.05, 3.63) is 35.4 Å². The van der Waals surface area contributed by atoms with Gasteiger partial charge in [-0.25, -0.2) is 0 Å². The molecule has 0 spiro atoms. The molecule has 3 rings (SSSR count). The van der Waals surface area contributed by atoms with Crippen molar-refractivity contribution in [2.75, 3.05) is 0 Å². The number of amides is 1. The monoisotopic (exact) mass is 257 g/mol. The van der Waals surface area contributed by atoms with Crippen LogP contribution in [0.1, 0.15) is 43.7 Å². The number of hydrogen-bond acceptors (Lipinski definition) is 1. The lowest BCUT2D eigenvalue weighted by molar-refractivity contribution is -0.125. The fourth-order valence-corrected chi connectivity index (χ4v) is 3.47. The Bertz CT molecular complexity index is 435. The van der Waals surface area contributed by atoms with Crippen LogP contribution in [0.25, 0.3) is 0 Å². The molecule has 1 N–H and O–H groups in total. The summed E-state index contributed by atoms with van der Waals surface area (Å²) in [7, 11) is 0. The van der Waals surface area contributed by atoms with Gasteiger partial charge in [0.15, 0.2) is 0 Å². The zero-order valence-electron chi connectivity index (χ0n) is 11.7.